The van der Waals surface area contributed by atoms with Crippen LogP contribution in [0.15, 0.2) is 36.7 Å². The monoisotopic (exact) mass is 276 g/mol. The van der Waals surface area contributed by atoms with Crippen molar-refractivity contribution in [3.05, 3.63) is 53.5 Å². The second kappa shape index (κ2) is 7.10. The average molecular weight is 277 g/mol. The standard InChI is InChI=1S/C15H17ClN2O/c1-12-14(11-16)4-5-15(18-12)19-10-2-3-13-6-8-17-9-7-13/h4-9H,2-3,10-11H2,1H3. The number of nitrogens with zero attached hydrogens (tertiary/aromatic N) is 2. The van der Waals surface area contributed by atoms with Gasteiger partial charge in [-0.1, -0.05) is 6.07 Å². The lowest BCUT2D eigenvalue weighted by Gasteiger charge is -2.07. The molecule has 0 aliphatic carbocycles. The van der Waals surface area contributed by atoms with Gasteiger partial charge in [0.2, 0.25) is 5.88 Å². The molecule has 0 saturated heterocycles. The Bertz CT molecular complexity index is 517. The first kappa shape index (κ1) is 13.8. The zero-order valence-corrected chi connectivity index (χ0v) is 11.7. The van der Waals surface area contributed by atoms with Gasteiger partial charge < -0.3 is 4.74 Å². The van der Waals surface area contributed by atoms with Gasteiger partial charge in [-0.3, -0.25) is 4.98 Å². The molecule has 0 bridgehead atoms. The van der Waals surface area contributed by atoms with Gasteiger partial charge in [0.25, 0.3) is 0 Å². The number of rotatable bonds is 6. The van der Waals surface area contributed by atoms with Crippen LogP contribution in [-0.2, 0) is 12.3 Å². The van der Waals surface area contributed by atoms with E-state index in [4.69, 9.17) is 16.3 Å². The van der Waals surface area contributed by atoms with E-state index >= 15 is 0 Å². The van der Waals surface area contributed by atoms with Crippen molar-refractivity contribution in [2.75, 3.05) is 6.61 Å². The van der Waals surface area contributed by atoms with Crippen molar-refractivity contribution in [1.82, 2.24) is 9.97 Å². The lowest BCUT2D eigenvalue weighted by atomic mass is 10.1. The molecule has 2 heterocycles. The van der Waals surface area contributed by atoms with Crippen LogP contribution in [0.1, 0.15) is 23.2 Å². The zero-order chi connectivity index (χ0) is 13.5. The quantitative estimate of drug-likeness (QED) is 0.598. The van der Waals surface area contributed by atoms with Crippen molar-refractivity contribution in [2.24, 2.45) is 0 Å². The van der Waals surface area contributed by atoms with Crippen molar-refractivity contribution in [3.8, 4) is 5.88 Å². The average Bonchev–Trinajstić information content (AvgIpc) is 2.45. The van der Waals surface area contributed by atoms with Crippen molar-refractivity contribution >= 4 is 11.6 Å². The number of halogens is 1. The molecular formula is C15H17ClN2O. The highest BCUT2D eigenvalue weighted by Gasteiger charge is 2.01. The van der Waals surface area contributed by atoms with Gasteiger partial charge in [-0.05, 0) is 43.0 Å². The van der Waals surface area contributed by atoms with Gasteiger partial charge >= 0.3 is 0 Å². The van der Waals surface area contributed by atoms with E-state index in [1.165, 1.54) is 5.56 Å². The van der Waals surface area contributed by atoms with Crippen molar-refractivity contribution in [2.45, 2.75) is 25.6 Å². The number of hydrogen-bond acceptors (Lipinski definition) is 3. The summed E-state index contributed by atoms with van der Waals surface area (Å²) in [6.07, 6.45) is 5.57. The molecule has 3 nitrogen and oxygen atoms in total. The number of ether oxygens (including phenoxy) is 1. The molecule has 0 radical (unpaired) electrons. The van der Waals surface area contributed by atoms with Crippen LogP contribution in [0.3, 0.4) is 0 Å². The van der Waals surface area contributed by atoms with E-state index in [2.05, 4.69) is 9.97 Å². The van der Waals surface area contributed by atoms with E-state index in [0.717, 1.165) is 24.1 Å². The molecular weight excluding hydrogens is 260 g/mol. The summed E-state index contributed by atoms with van der Waals surface area (Å²) in [5.74, 6) is 1.15. The predicted molar refractivity (Wildman–Crippen MR) is 76.6 cm³/mol. The fourth-order valence-electron chi connectivity index (χ4n) is 1.79. The molecule has 0 atom stereocenters. The second-order valence-corrected chi connectivity index (χ2v) is 4.60. The van der Waals surface area contributed by atoms with E-state index in [1.807, 2.05) is 43.6 Å². The Morgan fingerprint density at radius 3 is 2.63 bits per heavy atom. The van der Waals surface area contributed by atoms with Crippen molar-refractivity contribution < 1.29 is 4.74 Å². The van der Waals surface area contributed by atoms with Gasteiger partial charge in [-0.15, -0.1) is 11.6 Å². The van der Waals surface area contributed by atoms with Crippen LogP contribution in [-0.4, -0.2) is 16.6 Å². The van der Waals surface area contributed by atoms with Crippen LogP contribution in [0.4, 0.5) is 0 Å². The van der Waals surface area contributed by atoms with E-state index in [0.29, 0.717) is 18.4 Å². The number of hydrogen-bond donors (Lipinski definition) is 0. The molecule has 0 aliphatic rings. The fraction of sp³-hybridized carbons (Fsp3) is 0.333. The van der Waals surface area contributed by atoms with E-state index in [1.54, 1.807) is 0 Å². The summed E-state index contributed by atoms with van der Waals surface area (Å²) >= 11 is 5.79. The highest BCUT2D eigenvalue weighted by atomic mass is 35.5. The SMILES string of the molecule is Cc1nc(OCCCc2ccncc2)ccc1CCl. The molecule has 0 unspecified atom stereocenters. The summed E-state index contributed by atoms with van der Waals surface area (Å²) in [6, 6.07) is 7.89. The van der Waals surface area contributed by atoms with Gasteiger partial charge in [-0.2, -0.15) is 0 Å². The summed E-state index contributed by atoms with van der Waals surface area (Å²) in [4.78, 5) is 8.37. The van der Waals surface area contributed by atoms with E-state index < -0.39 is 0 Å². The number of aromatic nitrogens is 2. The highest BCUT2D eigenvalue weighted by molar-refractivity contribution is 6.17. The number of pyridine rings is 2. The lowest BCUT2D eigenvalue weighted by molar-refractivity contribution is 0.298. The summed E-state index contributed by atoms with van der Waals surface area (Å²) in [5.41, 5.74) is 3.26. The first-order valence-electron chi connectivity index (χ1n) is 6.34. The molecule has 19 heavy (non-hydrogen) atoms. The minimum absolute atomic E-state index is 0.487. The summed E-state index contributed by atoms with van der Waals surface area (Å²) < 4.78 is 5.64. The molecule has 100 valence electrons. The largest absolute Gasteiger partial charge is 0.478 e. The predicted octanol–water partition coefficient (Wildman–Crippen LogP) is 3.54. The molecule has 0 aromatic carbocycles. The van der Waals surface area contributed by atoms with Gasteiger partial charge in [-0.25, -0.2) is 4.98 Å². The van der Waals surface area contributed by atoms with Gasteiger partial charge in [0, 0.05) is 30.0 Å². The van der Waals surface area contributed by atoms with Crippen molar-refractivity contribution in [3.63, 3.8) is 0 Å². The molecule has 0 aliphatic heterocycles. The third-order valence-electron chi connectivity index (χ3n) is 2.92. The lowest BCUT2D eigenvalue weighted by Crippen LogP contribution is -2.02. The summed E-state index contributed by atoms with van der Waals surface area (Å²) in [5, 5.41) is 0. The summed E-state index contributed by atoms with van der Waals surface area (Å²) in [7, 11) is 0. The molecule has 0 N–H and O–H groups in total. The summed E-state index contributed by atoms with van der Waals surface area (Å²) in [6.45, 7) is 2.61. The Morgan fingerprint density at radius 2 is 1.95 bits per heavy atom. The normalized spacial score (nSPS) is 10.4. The Kier molecular flexibility index (Phi) is 5.16. The molecule has 0 fully saturated rings. The molecule has 0 spiro atoms. The van der Waals surface area contributed by atoms with E-state index in [-0.39, 0.29) is 0 Å². The molecule has 0 amide bonds. The Hall–Kier alpha value is -1.61. The van der Waals surface area contributed by atoms with Crippen LogP contribution >= 0.6 is 11.6 Å². The molecule has 2 rings (SSSR count). The van der Waals surface area contributed by atoms with Crippen molar-refractivity contribution in [1.29, 1.82) is 0 Å². The molecule has 4 heteroatoms. The molecule has 0 saturated carbocycles. The highest BCUT2D eigenvalue weighted by Crippen LogP contribution is 2.14. The van der Waals surface area contributed by atoms with Crippen LogP contribution in [0.5, 0.6) is 5.88 Å². The van der Waals surface area contributed by atoms with Crippen LogP contribution in [0.2, 0.25) is 0 Å². The maximum atomic E-state index is 5.79. The Labute approximate surface area is 118 Å². The fourth-order valence-corrected chi connectivity index (χ4v) is 2.07. The topological polar surface area (TPSA) is 35.0 Å². The number of alkyl halides is 1. The maximum absolute atomic E-state index is 5.79. The second-order valence-electron chi connectivity index (χ2n) is 4.34. The molecule has 2 aromatic heterocycles. The van der Waals surface area contributed by atoms with Crippen LogP contribution in [0, 0.1) is 6.92 Å². The third-order valence-corrected chi connectivity index (χ3v) is 3.21. The maximum Gasteiger partial charge on any atom is 0.213 e. The molecule has 2 aromatic rings. The first-order chi connectivity index (χ1) is 9.29. The van der Waals surface area contributed by atoms with Gasteiger partial charge in [0.1, 0.15) is 0 Å². The Morgan fingerprint density at radius 1 is 1.16 bits per heavy atom. The van der Waals surface area contributed by atoms with Crippen LogP contribution < -0.4 is 4.74 Å². The van der Waals surface area contributed by atoms with Crippen LogP contribution in [0.25, 0.3) is 0 Å². The minimum atomic E-state index is 0.487. The smallest absolute Gasteiger partial charge is 0.213 e. The van der Waals surface area contributed by atoms with E-state index in [9.17, 15) is 0 Å². The van der Waals surface area contributed by atoms with Gasteiger partial charge in [0.15, 0.2) is 0 Å². The Balaban J connectivity index is 1.78. The number of aryl methyl sites for hydroxylation is 2. The minimum Gasteiger partial charge on any atom is -0.478 e. The third kappa shape index (κ3) is 4.21. The first-order valence-corrected chi connectivity index (χ1v) is 6.87. The zero-order valence-electron chi connectivity index (χ0n) is 11.0. The van der Waals surface area contributed by atoms with Gasteiger partial charge in [0.05, 0.1) is 6.61 Å².